The first-order valence-electron chi connectivity index (χ1n) is 8.13. The molecule has 26 heavy (non-hydrogen) atoms. The van der Waals surface area contributed by atoms with Gasteiger partial charge in [-0.25, -0.2) is 4.98 Å². The highest BCUT2D eigenvalue weighted by Gasteiger charge is 2.16. The standard InChI is InChI=1S/C19H19N3O4/c1-12-8-16(11-25-15-6-4-3-5-7-15)26-18(12)19(24)20-10-14-9-17(23)22-13(2)21-14/h3-9H,10-11H2,1-2H3,(H,20,24)(H,21,22,23). The number of carbonyl (C=O) groups excluding carboxylic acids is 1. The van der Waals surface area contributed by atoms with Gasteiger partial charge in [-0.1, -0.05) is 18.2 Å². The van der Waals surface area contributed by atoms with Crippen molar-refractivity contribution in [1.82, 2.24) is 15.3 Å². The van der Waals surface area contributed by atoms with Crippen LogP contribution in [0.4, 0.5) is 0 Å². The predicted molar refractivity (Wildman–Crippen MR) is 95.0 cm³/mol. The summed E-state index contributed by atoms with van der Waals surface area (Å²) < 4.78 is 11.2. The first-order valence-corrected chi connectivity index (χ1v) is 8.13. The lowest BCUT2D eigenvalue weighted by molar-refractivity contribution is 0.0917. The smallest absolute Gasteiger partial charge is 0.287 e. The van der Waals surface area contributed by atoms with Gasteiger partial charge in [0.15, 0.2) is 5.76 Å². The van der Waals surface area contributed by atoms with E-state index in [-0.39, 0.29) is 30.4 Å². The van der Waals surface area contributed by atoms with Crippen LogP contribution < -0.4 is 15.6 Å². The number of furan rings is 1. The third kappa shape index (κ3) is 4.38. The Morgan fingerprint density at radius 2 is 2.00 bits per heavy atom. The van der Waals surface area contributed by atoms with E-state index in [9.17, 15) is 9.59 Å². The Hall–Kier alpha value is -3.35. The van der Waals surface area contributed by atoms with Gasteiger partial charge in [0, 0.05) is 11.6 Å². The Kier molecular flexibility index (Phi) is 5.17. The van der Waals surface area contributed by atoms with Crippen LogP contribution in [0.1, 0.15) is 33.4 Å². The lowest BCUT2D eigenvalue weighted by atomic mass is 10.2. The lowest BCUT2D eigenvalue weighted by Crippen LogP contribution is -2.25. The Bertz CT molecular complexity index is 960. The van der Waals surface area contributed by atoms with E-state index in [4.69, 9.17) is 9.15 Å². The number of nitrogens with one attached hydrogen (secondary N) is 2. The van der Waals surface area contributed by atoms with Crippen molar-refractivity contribution in [1.29, 1.82) is 0 Å². The van der Waals surface area contributed by atoms with E-state index in [1.807, 2.05) is 30.3 Å². The van der Waals surface area contributed by atoms with Crippen LogP contribution in [0.2, 0.25) is 0 Å². The minimum absolute atomic E-state index is 0.138. The first kappa shape index (κ1) is 17.5. The second-order valence-corrected chi connectivity index (χ2v) is 5.83. The fraction of sp³-hybridized carbons (Fsp3) is 0.211. The molecule has 134 valence electrons. The number of benzene rings is 1. The predicted octanol–water partition coefficient (Wildman–Crippen LogP) is 2.49. The zero-order valence-corrected chi connectivity index (χ0v) is 14.5. The summed E-state index contributed by atoms with van der Waals surface area (Å²) in [7, 11) is 0. The van der Waals surface area contributed by atoms with Gasteiger partial charge in [-0.3, -0.25) is 9.59 Å². The van der Waals surface area contributed by atoms with Gasteiger partial charge in [-0.2, -0.15) is 0 Å². The summed E-state index contributed by atoms with van der Waals surface area (Å²) in [4.78, 5) is 30.5. The van der Waals surface area contributed by atoms with E-state index < -0.39 is 0 Å². The van der Waals surface area contributed by atoms with Gasteiger partial charge in [-0.05, 0) is 32.0 Å². The number of rotatable bonds is 6. The topological polar surface area (TPSA) is 97.2 Å². The van der Waals surface area contributed by atoms with Crippen LogP contribution in [0.25, 0.3) is 0 Å². The van der Waals surface area contributed by atoms with E-state index >= 15 is 0 Å². The largest absolute Gasteiger partial charge is 0.486 e. The van der Waals surface area contributed by atoms with Crippen molar-refractivity contribution in [3.8, 4) is 5.75 Å². The van der Waals surface area contributed by atoms with Gasteiger partial charge in [0.1, 0.15) is 23.9 Å². The number of para-hydroxylation sites is 1. The number of amides is 1. The molecule has 3 rings (SSSR count). The van der Waals surface area contributed by atoms with E-state index in [0.29, 0.717) is 22.8 Å². The van der Waals surface area contributed by atoms with Crippen LogP contribution in [0, 0.1) is 13.8 Å². The van der Waals surface area contributed by atoms with Crippen molar-refractivity contribution >= 4 is 5.91 Å². The van der Waals surface area contributed by atoms with Gasteiger partial charge in [0.2, 0.25) is 0 Å². The third-order valence-electron chi connectivity index (χ3n) is 3.64. The molecule has 2 N–H and O–H groups in total. The third-order valence-corrected chi connectivity index (χ3v) is 3.64. The van der Waals surface area contributed by atoms with Gasteiger partial charge < -0.3 is 19.5 Å². The maximum atomic E-state index is 12.3. The second kappa shape index (κ2) is 7.69. The minimum atomic E-state index is -0.367. The molecule has 0 radical (unpaired) electrons. The number of aromatic amines is 1. The van der Waals surface area contributed by atoms with Crippen LogP contribution in [0.15, 0.2) is 51.7 Å². The van der Waals surface area contributed by atoms with Crippen LogP contribution >= 0.6 is 0 Å². The fourth-order valence-corrected chi connectivity index (χ4v) is 2.50. The molecular formula is C19H19N3O4. The highest BCUT2D eigenvalue weighted by molar-refractivity contribution is 5.92. The minimum Gasteiger partial charge on any atom is -0.486 e. The number of hydrogen-bond donors (Lipinski definition) is 2. The molecule has 0 aliphatic rings. The number of nitrogens with zero attached hydrogens (tertiary/aromatic N) is 1. The molecule has 0 aliphatic carbocycles. The van der Waals surface area contributed by atoms with Crippen molar-refractivity contribution < 1.29 is 13.9 Å². The zero-order valence-electron chi connectivity index (χ0n) is 14.5. The van der Waals surface area contributed by atoms with E-state index in [0.717, 1.165) is 5.75 Å². The molecule has 1 amide bonds. The molecule has 1 aromatic carbocycles. The molecule has 0 aliphatic heterocycles. The molecule has 0 unspecified atom stereocenters. The molecule has 0 fully saturated rings. The van der Waals surface area contributed by atoms with E-state index in [1.54, 1.807) is 19.9 Å². The average molecular weight is 353 g/mol. The fourth-order valence-electron chi connectivity index (χ4n) is 2.50. The molecule has 0 saturated carbocycles. The van der Waals surface area contributed by atoms with Crippen LogP contribution in [0.3, 0.4) is 0 Å². The number of aryl methyl sites for hydroxylation is 2. The molecule has 0 saturated heterocycles. The first-order chi connectivity index (χ1) is 12.5. The van der Waals surface area contributed by atoms with Crippen molar-refractivity contribution in [3.05, 3.63) is 81.4 Å². The molecule has 0 atom stereocenters. The van der Waals surface area contributed by atoms with Gasteiger partial charge in [0.25, 0.3) is 11.5 Å². The maximum Gasteiger partial charge on any atom is 0.287 e. The number of carbonyl (C=O) groups is 1. The molecule has 0 spiro atoms. The Morgan fingerprint density at radius 3 is 2.73 bits per heavy atom. The van der Waals surface area contributed by atoms with Gasteiger partial charge in [0.05, 0.1) is 12.2 Å². The highest BCUT2D eigenvalue weighted by Crippen LogP contribution is 2.17. The summed E-state index contributed by atoms with van der Waals surface area (Å²) in [5.74, 6) is 1.63. The summed E-state index contributed by atoms with van der Waals surface area (Å²) in [5.41, 5.74) is 0.942. The summed E-state index contributed by atoms with van der Waals surface area (Å²) in [6.07, 6.45) is 0. The summed E-state index contributed by atoms with van der Waals surface area (Å²) in [5, 5.41) is 2.71. The van der Waals surface area contributed by atoms with Crippen LogP contribution in [0.5, 0.6) is 5.75 Å². The van der Waals surface area contributed by atoms with Crippen molar-refractivity contribution in [2.24, 2.45) is 0 Å². The second-order valence-electron chi connectivity index (χ2n) is 5.83. The Balaban J connectivity index is 1.62. The lowest BCUT2D eigenvalue weighted by Gasteiger charge is -2.05. The van der Waals surface area contributed by atoms with Crippen molar-refractivity contribution in [2.75, 3.05) is 0 Å². The highest BCUT2D eigenvalue weighted by atomic mass is 16.5. The monoisotopic (exact) mass is 353 g/mol. The Labute approximate surface area is 150 Å². The van der Waals surface area contributed by atoms with Crippen LogP contribution in [-0.2, 0) is 13.2 Å². The summed E-state index contributed by atoms with van der Waals surface area (Å²) in [6, 6.07) is 12.5. The Morgan fingerprint density at radius 1 is 1.23 bits per heavy atom. The van der Waals surface area contributed by atoms with Crippen LogP contribution in [-0.4, -0.2) is 15.9 Å². The molecule has 7 nitrogen and oxygen atoms in total. The number of H-pyrrole nitrogens is 1. The van der Waals surface area contributed by atoms with Crippen molar-refractivity contribution in [2.45, 2.75) is 27.0 Å². The van der Waals surface area contributed by atoms with E-state index in [2.05, 4.69) is 15.3 Å². The number of ether oxygens (including phenoxy) is 1. The number of aromatic nitrogens is 2. The average Bonchev–Trinajstić information content (AvgIpc) is 2.99. The number of hydrogen-bond acceptors (Lipinski definition) is 5. The molecule has 2 heterocycles. The summed E-state index contributed by atoms with van der Waals surface area (Å²) >= 11 is 0. The molecular weight excluding hydrogens is 334 g/mol. The quantitative estimate of drug-likeness (QED) is 0.710. The zero-order chi connectivity index (χ0) is 18.5. The molecule has 2 aromatic heterocycles. The van der Waals surface area contributed by atoms with E-state index in [1.165, 1.54) is 6.07 Å². The molecule has 7 heteroatoms. The summed E-state index contributed by atoms with van der Waals surface area (Å²) in [6.45, 7) is 3.84. The normalized spacial score (nSPS) is 10.5. The maximum absolute atomic E-state index is 12.3. The van der Waals surface area contributed by atoms with Gasteiger partial charge in [-0.15, -0.1) is 0 Å². The SMILES string of the molecule is Cc1nc(CNC(=O)c2oc(COc3ccccc3)cc2C)cc(=O)[nH]1. The van der Waals surface area contributed by atoms with Crippen molar-refractivity contribution in [3.63, 3.8) is 0 Å². The van der Waals surface area contributed by atoms with Gasteiger partial charge >= 0.3 is 0 Å². The molecule has 0 bridgehead atoms. The molecule has 3 aromatic rings.